The topological polar surface area (TPSA) is 122 Å². The molecule has 0 aliphatic rings. The number of amides is 1. The number of carbonyl (C=O) groups excluding carboxylic acids is 1. The number of nitrogens with one attached hydrogen (secondary N) is 2. The third-order valence-corrected chi connectivity index (χ3v) is 5.73. The van der Waals surface area contributed by atoms with E-state index in [9.17, 15) is 14.4 Å². The van der Waals surface area contributed by atoms with Crippen molar-refractivity contribution in [3.05, 3.63) is 75.4 Å². The molecule has 186 valence electrons. The average Bonchev–Trinajstić information content (AvgIpc) is 2.86. The summed E-state index contributed by atoms with van der Waals surface area (Å²) < 4.78 is 6.57. The van der Waals surface area contributed by atoms with Crippen molar-refractivity contribution >= 4 is 23.1 Å². The summed E-state index contributed by atoms with van der Waals surface area (Å²) in [5.74, 6) is -0.108. The van der Waals surface area contributed by atoms with Crippen LogP contribution in [0.5, 0.6) is 0 Å². The number of benzene rings is 2. The Morgan fingerprint density at radius 2 is 1.80 bits per heavy atom. The minimum Gasteiger partial charge on any atom is -0.383 e. The molecule has 9 nitrogen and oxygen atoms in total. The molecule has 9 heteroatoms. The summed E-state index contributed by atoms with van der Waals surface area (Å²) in [6.45, 7) is 3.30. The van der Waals surface area contributed by atoms with Crippen LogP contribution in [0, 0.1) is 0 Å². The van der Waals surface area contributed by atoms with Crippen LogP contribution in [0.15, 0.2) is 64.2 Å². The zero-order chi connectivity index (χ0) is 25.2. The minimum atomic E-state index is -0.578. The van der Waals surface area contributed by atoms with Crippen molar-refractivity contribution in [2.45, 2.75) is 32.7 Å². The summed E-state index contributed by atoms with van der Waals surface area (Å²) in [5, 5.41) is 2.98. The highest BCUT2D eigenvalue weighted by atomic mass is 16.5. The number of carbonyl (C=O) groups is 1. The fourth-order valence-electron chi connectivity index (χ4n) is 3.87. The standard InChI is InChI=1S/C26H33N5O4/c1-3-4-15-31-24(27)23(25(33)29-26(31)34)30(17-18-35-2)16-14-22(32)28-21-13-9-8-12-20(21)19-10-6-5-7-11-19/h5-13H,3-4,14-18,27H2,1-2H3,(H,28,32)(H,29,33,34). The Balaban J connectivity index is 1.80. The van der Waals surface area contributed by atoms with Gasteiger partial charge in [-0.15, -0.1) is 0 Å². The van der Waals surface area contributed by atoms with Gasteiger partial charge in [-0.05, 0) is 18.1 Å². The number of nitrogens with two attached hydrogens (primary N) is 1. The number of H-pyrrole nitrogens is 1. The van der Waals surface area contributed by atoms with Crippen LogP contribution in [-0.4, -0.2) is 42.3 Å². The van der Waals surface area contributed by atoms with Crippen LogP contribution in [-0.2, 0) is 16.1 Å². The Morgan fingerprint density at radius 1 is 1.09 bits per heavy atom. The van der Waals surface area contributed by atoms with Gasteiger partial charge in [0, 0.05) is 44.4 Å². The van der Waals surface area contributed by atoms with Crippen LogP contribution in [0.25, 0.3) is 11.1 Å². The summed E-state index contributed by atoms with van der Waals surface area (Å²) in [6.07, 6.45) is 1.73. The number of hydrogen-bond donors (Lipinski definition) is 3. The number of anilines is 3. The van der Waals surface area contributed by atoms with Gasteiger partial charge >= 0.3 is 5.69 Å². The van der Waals surface area contributed by atoms with Crippen molar-refractivity contribution in [2.75, 3.05) is 42.8 Å². The Morgan fingerprint density at radius 3 is 2.51 bits per heavy atom. The molecule has 2 aromatic carbocycles. The smallest absolute Gasteiger partial charge is 0.330 e. The quantitative estimate of drug-likeness (QED) is 0.367. The van der Waals surface area contributed by atoms with E-state index in [4.69, 9.17) is 10.5 Å². The van der Waals surface area contributed by atoms with Crippen LogP contribution < -0.4 is 27.2 Å². The number of ether oxygens (including phenoxy) is 1. The zero-order valence-corrected chi connectivity index (χ0v) is 20.3. The molecule has 0 aliphatic heterocycles. The van der Waals surface area contributed by atoms with Gasteiger partial charge in [-0.2, -0.15) is 0 Å². The van der Waals surface area contributed by atoms with E-state index in [1.165, 1.54) is 4.57 Å². The normalized spacial score (nSPS) is 10.8. The highest BCUT2D eigenvalue weighted by Crippen LogP contribution is 2.27. The first-order chi connectivity index (χ1) is 17.0. The van der Waals surface area contributed by atoms with Crippen LogP contribution in [0.2, 0.25) is 0 Å². The van der Waals surface area contributed by atoms with E-state index in [1.807, 2.05) is 61.5 Å². The monoisotopic (exact) mass is 479 g/mol. The number of para-hydroxylation sites is 1. The molecule has 1 aromatic heterocycles. The highest BCUT2D eigenvalue weighted by Gasteiger charge is 2.20. The molecule has 3 rings (SSSR count). The second kappa shape index (κ2) is 12.6. The van der Waals surface area contributed by atoms with Gasteiger partial charge in [0.1, 0.15) is 11.5 Å². The SMILES string of the molecule is CCCCn1c(N)c(N(CCOC)CCC(=O)Nc2ccccc2-c2ccccc2)c(=O)[nH]c1=O. The van der Waals surface area contributed by atoms with E-state index < -0.39 is 11.2 Å². The fourth-order valence-corrected chi connectivity index (χ4v) is 3.87. The number of aromatic amines is 1. The molecule has 0 atom stereocenters. The van der Waals surface area contributed by atoms with Gasteiger partial charge < -0.3 is 20.7 Å². The molecule has 4 N–H and O–H groups in total. The molecule has 0 bridgehead atoms. The lowest BCUT2D eigenvalue weighted by Gasteiger charge is -2.26. The van der Waals surface area contributed by atoms with Crippen LogP contribution in [0.3, 0.4) is 0 Å². The third kappa shape index (κ3) is 6.60. The Bertz CT molecular complexity index is 1240. The fraction of sp³-hybridized carbons (Fsp3) is 0.346. The largest absolute Gasteiger partial charge is 0.383 e. The van der Waals surface area contributed by atoms with E-state index in [0.29, 0.717) is 25.4 Å². The van der Waals surface area contributed by atoms with Crippen molar-refractivity contribution < 1.29 is 9.53 Å². The van der Waals surface area contributed by atoms with Crippen molar-refractivity contribution in [1.29, 1.82) is 0 Å². The van der Waals surface area contributed by atoms with E-state index in [-0.39, 0.29) is 30.4 Å². The number of hydrogen-bond acceptors (Lipinski definition) is 6. The lowest BCUT2D eigenvalue weighted by Crippen LogP contribution is -2.40. The number of methoxy groups -OCH3 is 1. The average molecular weight is 480 g/mol. The molecular formula is C26H33N5O4. The summed E-state index contributed by atoms with van der Waals surface area (Å²) in [7, 11) is 1.56. The summed E-state index contributed by atoms with van der Waals surface area (Å²) in [4.78, 5) is 41.9. The molecule has 0 saturated heterocycles. The molecule has 0 unspecified atom stereocenters. The van der Waals surface area contributed by atoms with Crippen LogP contribution in [0.4, 0.5) is 17.2 Å². The molecule has 0 saturated carbocycles. The summed E-state index contributed by atoms with van der Waals surface area (Å²) in [6, 6.07) is 17.4. The van der Waals surface area contributed by atoms with Crippen molar-refractivity contribution in [2.24, 2.45) is 0 Å². The predicted octanol–water partition coefficient (Wildman–Crippen LogP) is 3.07. The van der Waals surface area contributed by atoms with Gasteiger partial charge in [0.25, 0.3) is 5.56 Å². The van der Waals surface area contributed by atoms with Crippen LogP contribution in [0.1, 0.15) is 26.2 Å². The molecule has 0 fully saturated rings. The molecule has 35 heavy (non-hydrogen) atoms. The summed E-state index contributed by atoms with van der Waals surface area (Å²) in [5.41, 5.74) is 7.96. The first-order valence-corrected chi connectivity index (χ1v) is 11.8. The van der Waals surface area contributed by atoms with Gasteiger partial charge in [0.15, 0.2) is 0 Å². The molecule has 0 spiro atoms. The number of rotatable bonds is 12. The molecular weight excluding hydrogens is 446 g/mol. The van der Waals surface area contributed by atoms with Gasteiger partial charge in [0.05, 0.1) is 6.61 Å². The molecule has 0 aliphatic carbocycles. The van der Waals surface area contributed by atoms with Crippen LogP contribution >= 0.6 is 0 Å². The second-order valence-corrected chi connectivity index (χ2v) is 8.19. The van der Waals surface area contributed by atoms with Gasteiger partial charge in [-0.3, -0.25) is 19.1 Å². The van der Waals surface area contributed by atoms with E-state index >= 15 is 0 Å². The second-order valence-electron chi connectivity index (χ2n) is 8.19. The Labute approximate surface area is 204 Å². The summed E-state index contributed by atoms with van der Waals surface area (Å²) >= 11 is 0. The maximum absolute atomic E-state index is 12.9. The molecule has 1 heterocycles. The number of aromatic nitrogens is 2. The van der Waals surface area contributed by atoms with E-state index in [2.05, 4.69) is 10.3 Å². The Kier molecular flexibility index (Phi) is 9.25. The number of unbranched alkanes of at least 4 members (excludes halogenated alkanes) is 1. The first kappa shape index (κ1) is 25.8. The molecule has 3 aromatic rings. The molecule has 0 radical (unpaired) electrons. The maximum Gasteiger partial charge on any atom is 0.330 e. The van der Waals surface area contributed by atoms with E-state index in [1.54, 1.807) is 12.0 Å². The van der Waals surface area contributed by atoms with E-state index in [0.717, 1.165) is 24.0 Å². The predicted molar refractivity (Wildman–Crippen MR) is 140 cm³/mol. The maximum atomic E-state index is 12.9. The van der Waals surface area contributed by atoms with Gasteiger partial charge in [-0.1, -0.05) is 61.9 Å². The number of nitrogen functional groups attached to an aromatic ring is 1. The van der Waals surface area contributed by atoms with Crippen molar-refractivity contribution in [3.8, 4) is 11.1 Å². The Hall–Kier alpha value is -3.85. The molecule has 1 amide bonds. The van der Waals surface area contributed by atoms with Gasteiger partial charge in [-0.25, -0.2) is 4.79 Å². The third-order valence-electron chi connectivity index (χ3n) is 5.73. The lowest BCUT2D eigenvalue weighted by molar-refractivity contribution is -0.116. The zero-order valence-electron chi connectivity index (χ0n) is 20.3. The minimum absolute atomic E-state index is 0.0955. The highest BCUT2D eigenvalue weighted by molar-refractivity contribution is 5.95. The lowest BCUT2D eigenvalue weighted by atomic mass is 10.0. The van der Waals surface area contributed by atoms with Gasteiger partial charge in [0.2, 0.25) is 5.91 Å². The van der Waals surface area contributed by atoms with Crippen molar-refractivity contribution in [3.63, 3.8) is 0 Å². The first-order valence-electron chi connectivity index (χ1n) is 11.8. The number of nitrogens with zero attached hydrogens (tertiary/aromatic N) is 2. The van der Waals surface area contributed by atoms with Crippen molar-refractivity contribution in [1.82, 2.24) is 9.55 Å².